The van der Waals surface area contributed by atoms with Crippen molar-refractivity contribution in [2.24, 2.45) is 11.8 Å². The van der Waals surface area contributed by atoms with Crippen LogP contribution >= 0.6 is 23.2 Å². The van der Waals surface area contributed by atoms with Gasteiger partial charge in [0.2, 0.25) is 0 Å². The molecule has 0 heterocycles. The first kappa shape index (κ1) is 15.2. The molecule has 1 fully saturated rings. The van der Waals surface area contributed by atoms with Gasteiger partial charge in [-0.2, -0.15) is 0 Å². The smallest absolute Gasteiger partial charge is 0.0595 e. The Bertz CT molecular complexity index is 419. The van der Waals surface area contributed by atoms with Gasteiger partial charge in [0.05, 0.1) is 10.0 Å². The molecule has 0 spiro atoms. The summed E-state index contributed by atoms with van der Waals surface area (Å²) in [6, 6.07) is 6.42. The van der Waals surface area contributed by atoms with Crippen LogP contribution in [-0.2, 0) is 0 Å². The topological polar surface area (TPSA) is 12.0 Å². The predicted octanol–water partition coefficient (Wildman–Crippen LogP) is 5.47. The third kappa shape index (κ3) is 3.65. The maximum Gasteiger partial charge on any atom is 0.0595 e. The Morgan fingerprint density at radius 3 is 2.68 bits per heavy atom. The van der Waals surface area contributed by atoms with E-state index in [-0.39, 0.29) is 0 Å². The summed E-state index contributed by atoms with van der Waals surface area (Å²) in [5.41, 5.74) is 1.26. The molecule has 1 aromatic carbocycles. The van der Waals surface area contributed by atoms with Crippen LogP contribution in [0.1, 0.15) is 50.6 Å². The highest BCUT2D eigenvalue weighted by Crippen LogP contribution is 2.39. The zero-order valence-corrected chi connectivity index (χ0v) is 13.3. The molecule has 3 atom stereocenters. The van der Waals surface area contributed by atoms with Crippen LogP contribution in [0, 0.1) is 11.8 Å². The van der Waals surface area contributed by atoms with Crippen molar-refractivity contribution in [2.75, 3.05) is 7.05 Å². The molecule has 1 nitrogen and oxygen atoms in total. The van der Waals surface area contributed by atoms with Gasteiger partial charge in [-0.1, -0.05) is 55.5 Å². The van der Waals surface area contributed by atoms with Crippen molar-refractivity contribution in [3.05, 3.63) is 33.8 Å². The van der Waals surface area contributed by atoms with Crippen molar-refractivity contribution >= 4 is 23.2 Å². The van der Waals surface area contributed by atoms with E-state index >= 15 is 0 Å². The lowest BCUT2D eigenvalue weighted by atomic mass is 9.75. The number of hydrogen-bond donors (Lipinski definition) is 1. The molecular weight excluding hydrogens is 277 g/mol. The van der Waals surface area contributed by atoms with Crippen LogP contribution < -0.4 is 5.32 Å². The molecule has 1 aliphatic carbocycles. The van der Waals surface area contributed by atoms with Crippen molar-refractivity contribution in [1.82, 2.24) is 5.32 Å². The highest BCUT2D eigenvalue weighted by atomic mass is 35.5. The minimum absolute atomic E-state index is 0.393. The van der Waals surface area contributed by atoms with E-state index < -0.39 is 0 Å². The van der Waals surface area contributed by atoms with E-state index in [1.54, 1.807) is 0 Å². The lowest BCUT2D eigenvalue weighted by Crippen LogP contribution is -2.29. The first-order valence-electron chi connectivity index (χ1n) is 7.28. The average Bonchev–Trinajstić information content (AvgIpc) is 2.44. The van der Waals surface area contributed by atoms with Crippen molar-refractivity contribution in [3.63, 3.8) is 0 Å². The van der Waals surface area contributed by atoms with Crippen LogP contribution in [0.2, 0.25) is 10.0 Å². The molecule has 1 aliphatic rings. The summed E-state index contributed by atoms with van der Waals surface area (Å²) >= 11 is 12.2. The standard InChI is InChI=1S/C16H23Cl2N/c1-3-11-5-4-6-12(9-11)16(19-2)13-7-8-14(17)15(18)10-13/h7-8,10-12,16,19H,3-6,9H2,1-2H3. The summed E-state index contributed by atoms with van der Waals surface area (Å²) < 4.78 is 0. The van der Waals surface area contributed by atoms with Gasteiger partial charge in [0, 0.05) is 6.04 Å². The molecule has 0 bridgehead atoms. The molecule has 3 heteroatoms. The van der Waals surface area contributed by atoms with Gasteiger partial charge in [-0.15, -0.1) is 0 Å². The van der Waals surface area contributed by atoms with Crippen LogP contribution in [0.5, 0.6) is 0 Å². The first-order chi connectivity index (χ1) is 9.15. The summed E-state index contributed by atoms with van der Waals surface area (Å²) in [6.07, 6.45) is 6.67. The largest absolute Gasteiger partial charge is 0.313 e. The van der Waals surface area contributed by atoms with Gasteiger partial charge in [-0.05, 0) is 49.4 Å². The summed E-state index contributed by atoms with van der Waals surface area (Å²) in [5, 5.41) is 4.77. The normalized spacial score (nSPS) is 25.3. The number of rotatable bonds is 4. The molecule has 0 aromatic heterocycles. The van der Waals surface area contributed by atoms with E-state index in [0.29, 0.717) is 22.0 Å². The molecule has 3 unspecified atom stereocenters. The van der Waals surface area contributed by atoms with E-state index in [1.165, 1.54) is 37.7 Å². The third-order valence-corrected chi connectivity index (χ3v) is 5.22. The summed E-state index contributed by atoms with van der Waals surface area (Å²) in [5.74, 6) is 1.60. The summed E-state index contributed by atoms with van der Waals surface area (Å²) in [7, 11) is 2.04. The number of hydrogen-bond acceptors (Lipinski definition) is 1. The van der Waals surface area contributed by atoms with Gasteiger partial charge >= 0.3 is 0 Å². The average molecular weight is 300 g/mol. The van der Waals surface area contributed by atoms with Gasteiger partial charge in [0.15, 0.2) is 0 Å². The molecule has 0 radical (unpaired) electrons. The van der Waals surface area contributed by atoms with E-state index in [4.69, 9.17) is 23.2 Å². The molecule has 0 aliphatic heterocycles. The maximum absolute atomic E-state index is 6.15. The minimum Gasteiger partial charge on any atom is -0.313 e. The number of benzene rings is 1. The Morgan fingerprint density at radius 1 is 1.26 bits per heavy atom. The van der Waals surface area contributed by atoms with Gasteiger partial charge in [0.25, 0.3) is 0 Å². The van der Waals surface area contributed by atoms with Crippen LogP contribution in [0.3, 0.4) is 0 Å². The lowest BCUT2D eigenvalue weighted by molar-refractivity contribution is 0.214. The zero-order valence-electron chi connectivity index (χ0n) is 11.8. The highest BCUT2D eigenvalue weighted by Gasteiger charge is 2.28. The monoisotopic (exact) mass is 299 g/mol. The Hall–Kier alpha value is -0.240. The predicted molar refractivity (Wildman–Crippen MR) is 84.0 cm³/mol. The van der Waals surface area contributed by atoms with Gasteiger partial charge in [0.1, 0.15) is 0 Å². The molecule has 1 N–H and O–H groups in total. The summed E-state index contributed by atoms with van der Waals surface area (Å²) in [4.78, 5) is 0. The van der Waals surface area contributed by atoms with Crippen molar-refractivity contribution in [3.8, 4) is 0 Å². The van der Waals surface area contributed by atoms with Crippen molar-refractivity contribution in [2.45, 2.75) is 45.1 Å². The lowest BCUT2D eigenvalue weighted by Gasteiger charge is -2.34. The van der Waals surface area contributed by atoms with E-state index in [9.17, 15) is 0 Å². The third-order valence-electron chi connectivity index (χ3n) is 4.49. The second-order valence-corrected chi connectivity index (χ2v) is 6.46. The molecule has 1 aromatic rings. The van der Waals surface area contributed by atoms with Gasteiger partial charge in [-0.3, -0.25) is 0 Å². The SMILES string of the molecule is CCC1CCCC(C(NC)c2ccc(Cl)c(Cl)c2)C1. The van der Waals surface area contributed by atoms with E-state index in [0.717, 1.165) is 5.92 Å². The number of halogens is 2. The number of nitrogens with one attached hydrogen (secondary N) is 1. The summed E-state index contributed by atoms with van der Waals surface area (Å²) in [6.45, 7) is 2.31. The molecule has 19 heavy (non-hydrogen) atoms. The molecule has 2 rings (SSSR count). The fourth-order valence-electron chi connectivity index (χ4n) is 3.39. The van der Waals surface area contributed by atoms with E-state index in [2.05, 4.69) is 18.3 Å². The van der Waals surface area contributed by atoms with Crippen LogP contribution in [-0.4, -0.2) is 7.05 Å². The highest BCUT2D eigenvalue weighted by molar-refractivity contribution is 6.42. The van der Waals surface area contributed by atoms with Crippen LogP contribution in [0.15, 0.2) is 18.2 Å². The fraction of sp³-hybridized carbons (Fsp3) is 0.625. The Kier molecular flexibility index (Phi) is 5.56. The molecule has 1 saturated carbocycles. The van der Waals surface area contributed by atoms with E-state index in [1.807, 2.05) is 19.2 Å². The second-order valence-electron chi connectivity index (χ2n) is 5.64. The second kappa shape index (κ2) is 6.97. The minimum atomic E-state index is 0.393. The van der Waals surface area contributed by atoms with Crippen molar-refractivity contribution in [1.29, 1.82) is 0 Å². The Balaban J connectivity index is 2.16. The fourth-order valence-corrected chi connectivity index (χ4v) is 3.69. The van der Waals surface area contributed by atoms with Gasteiger partial charge in [-0.25, -0.2) is 0 Å². The molecule has 0 amide bonds. The van der Waals surface area contributed by atoms with Gasteiger partial charge < -0.3 is 5.32 Å². The maximum atomic E-state index is 6.15. The first-order valence-corrected chi connectivity index (χ1v) is 8.03. The molecule has 106 valence electrons. The molecular formula is C16H23Cl2N. The Morgan fingerprint density at radius 2 is 2.05 bits per heavy atom. The molecule has 0 saturated heterocycles. The van der Waals surface area contributed by atoms with Crippen LogP contribution in [0.25, 0.3) is 0 Å². The Labute approximate surface area is 126 Å². The van der Waals surface area contributed by atoms with Crippen molar-refractivity contribution < 1.29 is 0 Å². The quantitative estimate of drug-likeness (QED) is 0.777. The zero-order chi connectivity index (χ0) is 13.8. The van der Waals surface area contributed by atoms with Crippen LogP contribution in [0.4, 0.5) is 0 Å².